The maximum atomic E-state index is 12.8. The van der Waals surface area contributed by atoms with E-state index in [1.54, 1.807) is 6.08 Å². The van der Waals surface area contributed by atoms with Gasteiger partial charge in [-0.1, -0.05) is 159 Å². The number of carbonyl (C=O) groups is 1. The topological polar surface area (TPSA) is 108 Å². The molecular formula is C43H83N2O6P. The highest BCUT2D eigenvalue weighted by atomic mass is 31.2. The van der Waals surface area contributed by atoms with Gasteiger partial charge in [-0.15, -0.1) is 0 Å². The summed E-state index contributed by atoms with van der Waals surface area (Å²) in [6, 6.07) is -0.898. The second-order valence-electron chi connectivity index (χ2n) is 15.7. The lowest BCUT2D eigenvalue weighted by molar-refractivity contribution is -0.870. The van der Waals surface area contributed by atoms with Gasteiger partial charge < -0.3 is 28.8 Å². The minimum absolute atomic E-state index is 0.00709. The van der Waals surface area contributed by atoms with Crippen molar-refractivity contribution in [1.29, 1.82) is 0 Å². The maximum absolute atomic E-state index is 12.8. The zero-order valence-electron chi connectivity index (χ0n) is 34.5. The monoisotopic (exact) mass is 755 g/mol. The van der Waals surface area contributed by atoms with Crippen LogP contribution in [-0.4, -0.2) is 68.5 Å². The molecule has 0 rings (SSSR count). The molecule has 0 fully saturated rings. The number of nitrogens with zero attached hydrogens (tertiary/aromatic N) is 1. The number of aliphatic hydroxyl groups excluding tert-OH is 1. The number of rotatable bonds is 38. The van der Waals surface area contributed by atoms with Gasteiger partial charge >= 0.3 is 0 Å². The van der Waals surface area contributed by atoms with Crippen LogP contribution in [0.1, 0.15) is 181 Å². The molecule has 8 nitrogen and oxygen atoms in total. The molecule has 3 atom stereocenters. The summed E-state index contributed by atoms with van der Waals surface area (Å²) >= 11 is 0. The van der Waals surface area contributed by atoms with Crippen LogP contribution in [0, 0.1) is 0 Å². The number of hydrogen-bond donors (Lipinski definition) is 2. The molecule has 0 aromatic rings. The first kappa shape index (κ1) is 50.7. The fraction of sp³-hybridized carbons (Fsp3) is 0.837. The summed E-state index contributed by atoms with van der Waals surface area (Å²) in [7, 11) is 1.24. The summed E-state index contributed by atoms with van der Waals surface area (Å²) in [4.78, 5) is 25.1. The molecule has 1 amide bonds. The van der Waals surface area contributed by atoms with Crippen molar-refractivity contribution < 1.29 is 32.9 Å². The fourth-order valence-electron chi connectivity index (χ4n) is 5.88. The molecule has 0 bridgehead atoms. The van der Waals surface area contributed by atoms with Gasteiger partial charge in [0.05, 0.1) is 39.9 Å². The quantitative estimate of drug-likeness (QED) is 0.0281. The van der Waals surface area contributed by atoms with E-state index in [0.717, 1.165) is 44.9 Å². The summed E-state index contributed by atoms with van der Waals surface area (Å²) in [5, 5.41) is 13.6. The predicted molar refractivity (Wildman–Crippen MR) is 219 cm³/mol. The number of aliphatic hydroxyl groups is 1. The summed E-state index contributed by atoms with van der Waals surface area (Å²) < 4.78 is 23.0. The molecule has 0 aliphatic carbocycles. The molecule has 0 aromatic heterocycles. The van der Waals surface area contributed by atoms with Crippen LogP contribution in [0.3, 0.4) is 0 Å². The Labute approximate surface area is 321 Å². The molecule has 306 valence electrons. The first-order valence-corrected chi connectivity index (χ1v) is 22.8. The van der Waals surface area contributed by atoms with E-state index in [0.29, 0.717) is 17.4 Å². The highest BCUT2D eigenvalue weighted by Crippen LogP contribution is 2.38. The molecule has 3 unspecified atom stereocenters. The second kappa shape index (κ2) is 35.4. The Kier molecular flexibility index (Phi) is 34.6. The highest BCUT2D eigenvalue weighted by molar-refractivity contribution is 7.45. The van der Waals surface area contributed by atoms with Gasteiger partial charge in [-0.2, -0.15) is 0 Å². The Hall–Kier alpha value is -1.28. The van der Waals surface area contributed by atoms with Crippen LogP contribution in [0.2, 0.25) is 0 Å². The number of quaternary nitrogens is 1. The Balaban J connectivity index is 4.15. The van der Waals surface area contributed by atoms with Gasteiger partial charge in [0.25, 0.3) is 7.82 Å². The van der Waals surface area contributed by atoms with Crippen molar-refractivity contribution in [2.45, 2.75) is 193 Å². The van der Waals surface area contributed by atoms with Gasteiger partial charge in [0.2, 0.25) is 5.91 Å². The fourth-order valence-corrected chi connectivity index (χ4v) is 6.60. The van der Waals surface area contributed by atoms with Crippen LogP contribution < -0.4 is 10.2 Å². The lowest BCUT2D eigenvalue weighted by Gasteiger charge is -2.29. The summed E-state index contributed by atoms with van der Waals surface area (Å²) in [6.07, 6.45) is 42.3. The second-order valence-corrected chi connectivity index (χ2v) is 17.1. The molecule has 2 N–H and O–H groups in total. The van der Waals surface area contributed by atoms with E-state index in [1.165, 1.54) is 116 Å². The molecule has 0 spiro atoms. The third-order valence-corrected chi connectivity index (χ3v) is 10.3. The van der Waals surface area contributed by atoms with E-state index in [-0.39, 0.29) is 12.5 Å². The molecule has 0 saturated carbocycles. The number of nitrogens with one attached hydrogen (secondary N) is 1. The van der Waals surface area contributed by atoms with Gasteiger partial charge in [0, 0.05) is 6.42 Å². The Morgan fingerprint density at radius 2 is 1.12 bits per heavy atom. The SMILES string of the molecule is CCC/C=C/CC/C=C/C(O)C(COP(=O)([O-])OCC[N+](C)(C)C)NC(=O)CCCCCCCCCCCCC/C=C\CCCCCCCCCC. The molecule has 0 radical (unpaired) electrons. The van der Waals surface area contributed by atoms with Gasteiger partial charge in [-0.25, -0.2) is 0 Å². The number of likely N-dealkylation sites (N-methyl/N-ethyl adjacent to an activating group) is 1. The van der Waals surface area contributed by atoms with E-state index in [9.17, 15) is 19.4 Å². The van der Waals surface area contributed by atoms with Crippen molar-refractivity contribution in [3.05, 3.63) is 36.5 Å². The minimum atomic E-state index is -4.58. The van der Waals surface area contributed by atoms with Crippen LogP contribution in [0.25, 0.3) is 0 Å². The van der Waals surface area contributed by atoms with Gasteiger partial charge in [0.1, 0.15) is 13.2 Å². The maximum Gasteiger partial charge on any atom is 0.268 e. The zero-order chi connectivity index (χ0) is 38.6. The van der Waals surface area contributed by atoms with E-state index in [1.807, 2.05) is 27.2 Å². The molecule has 0 aliphatic heterocycles. The summed E-state index contributed by atoms with van der Waals surface area (Å²) in [5.41, 5.74) is 0. The Morgan fingerprint density at radius 1 is 0.654 bits per heavy atom. The first-order valence-electron chi connectivity index (χ1n) is 21.4. The van der Waals surface area contributed by atoms with Crippen molar-refractivity contribution in [1.82, 2.24) is 5.32 Å². The normalized spacial score (nSPS) is 14.8. The number of phosphoric acid groups is 1. The Morgan fingerprint density at radius 3 is 1.63 bits per heavy atom. The van der Waals surface area contributed by atoms with Crippen LogP contribution in [-0.2, 0) is 18.4 Å². The standard InChI is InChI=1S/C43H83N2O6P/c1-6-8-10-12-14-15-16-17-18-19-20-21-22-23-24-25-26-27-28-29-31-33-35-37-43(47)44-41(42(46)36-34-32-30-13-11-9-7-2)40-51-52(48,49)50-39-38-45(3,4)5/h11,13,19-20,34,36,41-42,46H,6-10,12,14-18,21-33,35,37-40H2,1-5H3,(H-,44,47,48,49)/b13-11+,20-19-,36-34+. The van der Waals surface area contributed by atoms with Crippen LogP contribution in [0.15, 0.2) is 36.5 Å². The summed E-state index contributed by atoms with van der Waals surface area (Å²) in [6.45, 7) is 4.50. The van der Waals surface area contributed by atoms with Crippen LogP contribution in [0.4, 0.5) is 0 Å². The number of amides is 1. The van der Waals surface area contributed by atoms with E-state index in [4.69, 9.17) is 9.05 Å². The number of hydrogen-bond acceptors (Lipinski definition) is 6. The number of allylic oxidation sites excluding steroid dienone is 5. The van der Waals surface area contributed by atoms with Crippen molar-refractivity contribution in [2.24, 2.45) is 0 Å². The van der Waals surface area contributed by atoms with E-state index >= 15 is 0 Å². The van der Waals surface area contributed by atoms with Crippen LogP contribution in [0.5, 0.6) is 0 Å². The molecule has 52 heavy (non-hydrogen) atoms. The number of unbranched alkanes of at least 4 members (excludes halogenated alkanes) is 21. The zero-order valence-corrected chi connectivity index (χ0v) is 35.4. The average molecular weight is 755 g/mol. The lowest BCUT2D eigenvalue weighted by Crippen LogP contribution is -2.45. The van der Waals surface area contributed by atoms with Crippen molar-refractivity contribution in [2.75, 3.05) is 40.9 Å². The van der Waals surface area contributed by atoms with E-state index in [2.05, 4.69) is 43.5 Å². The van der Waals surface area contributed by atoms with Crippen molar-refractivity contribution in [3.8, 4) is 0 Å². The highest BCUT2D eigenvalue weighted by Gasteiger charge is 2.23. The Bertz CT molecular complexity index is 948. The largest absolute Gasteiger partial charge is 0.756 e. The smallest absolute Gasteiger partial charge is 0.268 e. The predicted octanol–water partition coefficient (Wildman–Crippen LogP) is 10.9. The van der Waals surface area contributed by atoms with Crippen LogP contribution >= 0.6 is 7.82 Å². The third kappa shape index (κ3) is 37.1. The number of carbonyl (C=O) groups excluding carboxylic acids is 1. The van der Waals surface area contributed by atoms with Gasteiger partial charge in [0.15, 0.2) is 0 Å². The van der Waals surface area contributed by atoms with E-state index < -0.39 is 26.6 Å². The molecule has 0 heterocycles. The minimum Gasteiger partial charge on any atom is -0.756 e. The molecule has 0 aromatic carbocycles. The molecular weight excluding hydrogens is 671 g/mol. The molecule has 9 heteroatoms. The first-order chi connectivity index (χ1) is 25.0. The van der Waals surface area contributed by atoms with Gasteiger partial charge in [-0.05, 0) is 51.4 Å². The molecule has 0 saturated heterocycles. The summed E-state index contributed by atoms with van der Waals surface area (Å²) in [5.74, 6) is -0.214. The average Bonchev–Trinajstić information content (AvgIpc) is 3.09. The van der Waals surface area contributed by atoms with Crippen molar-refractivity contribution >= 4 is 13.7 Å². The number of phosphoric ester groups is 1. The lowest BCUT2D eigenvalue weighted by atomic mass is 10.0. The van der Waals surface area contributed by atoms with Crippen molar-refractivity contribution in [3.63, 3.8) is 0 Å². The third-order valence-electron chi connectivity index (χ3n) is 9.30. The molecule has 0 aliphatic rings. The van der Waals surface area contributed by atoms with Gasteiger partial charge in [-0.3, -0.25) is 9.36 Å².